The average molecular weight is 393 g/mol. The summed E-state index contributed by atoms with van der Waals surface area (Å²) in [5, 5.41) is 1.50. The van der Waals surface area contributed by atoms with Gasteiger partial charge in [0.15, 0.2) is 5.78 Å². The molecule has 0 saturated carbocycles. The van der Waals surface area contributed by atoms with Crippen LogP contribution < -0.4 is 0 Å². The monoisotopic (exact) mass is 392 g/mol. The van der Waals surface area contributed by atoms with Crippen molar-refractivity contribution in [3.05, 3.63) is 93.7 Å². The van der Waals surface area contributed by atoms with E-state index in [1.165, 1.54) is 0 Å². The van der Waals surface area contributed by atoms with Crippen molar-refractivity contribution in [3.63, 3.8) is 0 Å². The van der Waals surface area contributed by atoms with Crippen LogP contribution in [0.5, 0.6) is 0 Å². The average Bonchev–Trinajstić information content (AvgIpc) is 2.67. The molecule has 0 spiro atoms. The first kappa shape index (κ1) is 17.7. The highest BCUT2D eigenvalue weighted by Crippen LogP contribution is 2.30. The quantitative estimate of drug-likeness (QED) is 0.310. The molecule has 1 aromatic heterocycles. The number of hydrogen-bond donors (Lipinski definition) is 0. The van der Waals surface area contributed by atoms with E-state index in [0.29, 0.717) is 27.4 Å². The summed E-state index contributed by atoms with van der Waals surface area (Å²) in [6, 6.07) is 20.2. The molecule has 0 amide bonds. The Bertz CT molecular complexity index is 1170. The SMILES string of the molecule is Cc1ccc(C(=O)c2ccc3nc(Cl)nc(-c4cccc(Cl)c4)c3c2)cc1. The lowest BCUT2D eigenvalue weighted by molar-refractivity contribution is 0.103. The van der Waals surface area contributed by atoms with E-state index in [9.17, 15) is 4.79 Å². The summed E-state index contributed by atoms with van der Waals surface area (Å²) in [5.74, 6) is -0.0519. The van der Waals surface area contributed by atoms with Crippen molar-refractivity contribution < 1.29 is 4.79 Å². The summed E-state index contributed by atoms with van der Waals surface area (Å²) < 4.78 is 0. The maximum Gasteiger partial charge on any atom is 0.223 e. The number of ketones is 1. The summed E-state index contributed by atoms with van der Waals surface area (Å²) in [4.78, 5) is 21.5. The number of nitrogens with zero attached hydrogens (tertiary/aromatic N) is 2. The Kier molecular flexibility index (Phi) is 4.65. The minimum atomic E-state index is -0.0519. The summed E-state index contributed by atoms with van der Waals surface area (Å²) in [6.07, 6.45) is 0. The molecule has 1 heterocycles. The van der Waals surface area contributed by atoms with Gasteiger partial charge in [-0.05, 0) is 48.9 Å². The lowest BCUT2D eigenvalue weighted by atomic mass is 9.99. The molecular formula is C22H14Cl2N2O. The third-order valence-corrected chi connectivity index (χ3v) is 4.75. The van der Waals surface area contributed by atoms with Gasteiger partial charge < -0.3 is 0 Å². The van der Waals surface area contributed by atoms with Crippen molar-refractivity contribution in [1.29, 1.82) is 0 Å². The van der Waals surface area contributed by atoms with Gasteiger partial charge in [-0.15, -0.1) is 0 Å². The van der Waals surface area contributed by atoms with Crippen molar-refractivity contribution >= 4 is 39.9 Å². The molecule has 0 fully saturated rings. The number of hydrogen-bond acceptors (Lipinski definition) is 3. The Balaban J connectivity index is 1.88. The van der Waals surface area contributed by atoms with Crippen LogP contribution in [0.1, 0.15) is 21.5 Å². The standard InChI is InChI=1S/C22H14Cl2N2O/c1-13-5-7-14(8-6-13)21(27)16-9-10-19-18(12-16)20(26-22(24)25-19)15-3-2-4-17(23)11-15/h2-12H,1H3. The second kappa shape index (κ2) is 7.10. The normalized spacial score (nSPS) is 10.9. The zero-order chi connectivity index (χ0) is 19.0. The van der Waals surface area contributed by atoms with Gasteiger partial charge in [0.1, 0.15) is 0 Å². The first-order chi connectivity index (χ1) is 13.0. The first-order valence-electron chi connectivity index (χ1n) is 8.36. The van der Waals surface area contributed by atoms with Crippen molar-refractivity contribution in [2.75, 3.05) is 0 Å². The number of fused-ring (bicyclic) bond motifs is 1. The van der Waals surface area contributed by atoms with Crippen LogP contribution in [-0.4, -0.2) is 15.8 Å². The van der Waals surface area contributed by atoms with Crippen LogP contribution in [0, 0.1) is 6.92 Å². The molecule has 0 saturated heterocycles. The van der Waals surface area contributed by atoms with E-state index < -0.39 is 0 Å². The largest absolute Gasteiger partial charge is 0.289 e. The first-order valence-corrected chi connectivity index (χ1v) is 9.11. The Morgan fingerprint density at radius 1 is 0.852 bits per heavy atom. The fraction of sp³-hybridized carbons (Fsp3) is 0.0455. The maximum atomic E-state index is 12.9. The highest BCUT2D eigenvalue weighted by molar-refractivity contribution is 6.31. The molecule has 0 unspecified atom stereocenters. The molecule has 0 radical (unpaired) electrons. The highest BCUT2D eigenvalue weighted by atomic mass is 35.5. The van der Waals surface area contributed by atoms with Gasteiger partial charge in [0.2, 0.25) is 5.28 Å². The van der Waals surface area contributed by atoms with Gasteiger partial charge in [-0.1, -0.05) is 53.6 Å². The molecule has 0 aliphatic heterocycles. The lowest BCUT2D eigenvalue weighted by Crippen LogP contribution is -2.02. The molecule has 4 rings (SSSR count). The van der Waals surface area contributed by atoms with Gasteiger partial charge in [0.25, 0.3) is 0 Å². The summed E-state index contributed by atoms with van der Waals surface area (Å²) >= 11 is 12.2. The molecule has 3 nitrogen and oxygen atoms in total. The van der Waals surface area contributed by atoms with Crippen molar-refractivity contribution in [1.82, 2.24) is 9.97 Å². The van der Waals surface area contributed by atoms with Crippen LogP contribution in [0.4, 0.5) is 0 Å². The van der Waals surface area contributed by atoms with E-state index >= 15 is 0 Å². The fourth-order valence-electron chi connectivity index (χ4n) is 2.97. The van der Waals surface area contributed by atoms with E-state index in [4.69, 9.17) is 23.2 Å². The van der Waals surface area contributed by atoms with Gasteiger partial charge in [-0.3, -0.25) is 4.79 Å². The Hall–Kier alpha value is -2.75. The van der Waals surface area contributed by atoms with E-state index in [0.717, 1.165) is 16.5 Å². The number of halogens is 2. The Morgan fingerprint density at radius 2 is 1.59 bits per heavy atom. The molecule has 5 heteroatoms. The minimum Gasteiger partial charge on any atom is -0.289 e. The van der Waals surface area contributed by atoms with Gasteiger partial charge in [0.05, 0.1) is 11.2 Å². The summed E-state index contributed by atoms with van der Waals surface area (Å²) in [5.41, 5.74) is 4.45. The lowest BCUT2D eigenvalue weighted by Gasteiger charge is -2.09. The third kappa shape index (κ3) is 3.57. The Morgan fingerprint density at radius 3 is 2.33 bits per heavy atom. The van der Waals surface area contributed by atoms with E-state index in [-0.39, 0.29) is 11.1 Å². The molecule has 4 aromatic rings. The number of aromatic nitrogens is 2. The van der Waals surface area contributed by atoms with E-state index in [1.807, 2.05) is 55.5 Å². The third-order valence-electron chi connectivity index (χ3n) is 4.34. The van der Waals surface area contributed by atoms with Crippen LogP contribution in [0.15, 0.2) is 66.7 Å². The zero-order valence-electron chi connectivity index (χ0n) is 14.4. The van der Waals surface area contributed by atoms with Gasteiger partial charge >= 0.3 is 0 Å². The van der Waals surface area contributed by atoms with Crippen LogP contribution >= 0.6 is 23.2 Å². The molecule has 0 N–H and O–H groups in total. The summed E-state index contributed by atoms with van der Waals surface area (Å²) in [6.45, 7) is 1.99. The van der Waals surface area contributed by atoms with Crippen LogP contribution in [0.3, 0.4) is 0 Å². The molecule has 132 valence electrons. The fourth-order valence-corrected chi connectivity index (χ4v) is 3.33. The van der Waals surface area contributed by atoms with Gasteiger partial charge in [-0.2, -0.15) is 0 Å². The highest BCUT2D eigenvalue weighted by Gasteiger charge is 2.14. The summed E-state index contributed by atoms with van der Waals surface area (Å²) in [7, 11) is 0. The number of aryl methyl sites for hydroxylation is 1. The topological polar surface area (TPSA) is 42.9 Å². The molecular weight excluding hydrogens is 379 g/mol. The Labute approximate surface area is 166 Å². The maximum absolute atomic E-state index is 12.9. The van der Waals surface area contributed by atoms with Gasteiger partial charge in [-0.25, -0.2) is 9.97 Å². The molecule has 27 heavy (non-hydrogen) atoms. The predicted molar refractivity (Wildman–Crippen MR) is 110 cm³/mol. The smallest absolute Gasteiger partial charge is 0.223 e. The van der Waals surface area contributed by atoms with Crippen molar-refractivity contribution in [2.45, 2.75) is 6.92 Å². The second-order valence-corrected chi connectivity index (χ2v) is 7.05. The number of carbonyl (C=O) groups is 1. The van der Waals surface area contributed by atoms with Gasteiger partial charge in [0, 0.05) is 27.1 Å². The predicted octanol–water partition coefficient (Wildman–Crippen LogP) is 6.14. The minimum absolute atomic E-state index is 0.0519. The zero-order valence-corrected chi connectivity index (χ0v) is 15.9. The van der Waals surface area contributed by atoms with Crippen molar-refractivity contribution in [2.24, 2.45) is 0 Å². The molecule has 0 aliphatic carbocycles. The molecule has 0 bridgehead atoms. The number of benzene rings is 3. The van der Waals surface area contributed by atoms with Crippen LogP contribution in [-0.2, 0) is 0 Å². The number of carbonyl (C=O) groups excluding carboxylic acids is 1. The molecule has 0 aliphatic rings. The number of rotatable bonds is 3. The van der Waals surface area contributed by atoms with E-state index in [1.54, 1.807) is 18.2 Å². The molecule has 0 atom stereocenters. The second-order valence-electron chi connectivity index (χ2n) is 6.28. The molecule has 3 aromatic carbocycles. The van der Waals surface area contributed by atoms with Crippen molar-refractivity contribution in [3.8, 4) is 11.3 Å². The van der Waals surface area contributed by atoms with Crippen LogP contribution in [0.2, 0.25) is 10.3 Å². The van der Waals surface area contributed by atoms with E-state index in [2.05, 4.69) is 9.97 Å². The van der Waals surface area contributed by atoms with Crippen LogP contribution in [0.25, 0.3) is 22.2 Å².